The number of hydrazone groups is 1. The number of nitrogens with one attached hydrogen (secondary N) is 2. The van der Waals surface area contributed by atoms with Gasteiger partial charge in [0.15, 0.2) is 5.84 Å². The van der Waals surface area contributed by atoms with Gasteiger partial charge in [-0.05, 0) is 48.7 Å². The molecule has 1 aromatic heterocycles. The maximum Gasteiger partial charge on any atom is 0.177 e. The second-order valence-electron chi connectivity index (χ2n) is 6.46. The molecule has 0 spiro atoms. The summed E-state index contributed by atoms with van der Waals surface area (Å²) in [6.45, 7) is 4.79. The summed E-state index contributed by atoms with van der Waals surface area (Å²) in [5.74, 6) is 0.750. The SMILES string of the molecule is Cc1ccc(C)c(-n2ncc(C3=NNNN3Cc3ccc(Br)cc3)c2S)c1. The number of thiol groups is 1. The third-order valence-corrected chi connectivity index (χ3v) is 5.39. The van der Waals surface area contributed by atoms with Gasteiger partial charge in [0.2, 0.25) is 0 Å². The average molecular weight is 443 g/mol. The molecule has 0 amide bonds. The van der Waals surface area contributed by atoms with Crippen molar-refractivity contribution < 1.29 is 0 Å². The molecular weight excluding hydrogens is 424 g/mol. The zero-order valence-electron chi connectivity index (χ0n) is 14.9. The number of hydrogen-bond donors (Lipinski definition) is 3. The van der Waals surface area contributed by atoms with Crippen molar-refractivity contribution in [3.8, 4) is 5.69 Å². The molecule has 2 N–H and O–H groups in total. The van der Waals surface area contributed by atoms with Crippen LogP contribution in [-0.2, 0) is 6.54 Å². The fourth-order valence-electron chi connectivity index (χ4n) is 2.97. The predicted octanol–water partition coefficient (Wildman–Crippen LogP) is 3.73. The van der Waals surface area contributed by atoms with E-state index < -0.39 is 0 Å². The molecule has 0 atom stereocenters. The Morgan fingerprint density at radius 2 is 1.89 bits per heavy atom. The Balaban J connectivity index is 1.64. The highest BCUT2D eigenvalue weighted by atomic mass is 79.9. The van der Waals surface area contributed by atoms with E-state index in [-0.39, 0.29) is 0 Å². The molecular formula is C19H19BrN6S. The lowest BCUT2D eigenvalue weighted by Gasteiger charge is -2.19. The van der Waals surface area contributed by atoms with Gasteiger partial charge in [0.25, 0.3) is 0 Å². The first kappa shape index (κ1) is 18.1. The van der Waals surface area contributed by atoms with Crippen LogP contribution in [0.3, 0.4) is 0 Å². The molecule has 138 valence electrons. The number of benzene rings is 2. The molecule has 0 bridgehead atoms. The third kappa shape index (κ3) is 3.60. The first-order valence-corrected chi connectivity index (χ1v) is 9.72. The second kappa shape index (κ2) is 7.38. The average Bonchev–Trinajstić information content (AvgIpc) is 3.25. The van der Waals surface area contributed by atoms with E-state index >= 15 is 0 Å². The summed E-state index contributed by atoms with van der Waals surface area (Å²) < 4.78 is 2.90. The predicted molar refractivity (Wildman–Crippen MR) is 113 cm³/mol. The van der Waals surface area contributed by atoms with Crippen molar-refractivity contribution in [3.63, 3.8) is 0 Å². The summed E-state index contributed by atoms with van der Waals surface area (Å²) in [5, 5.41) is 11.6. The maximum atomic E-state index is 4.74. The highest BCUT2D eigenvalue weighted by Crippen LogP contribution is 2.24. The van der Waals surface area contributed by atoms with E-state index in [0.29, 0.717) is 6.54 Å². The molecule has 6 nitrogen and oxygen atoms in total. The van der Waals surface area contributed by atoms with E-state index in [2.05, 4.69) is 81.4 Å². The molecule has 0 fully saturated rings. The van der Waals surface area contributed by atoms with Gasteiger partial charge in [-0.3, -0.25) is 5.01 Å². The molecule has 1 aliphatic rings. The molecule has 0 radical (unpaired) electrons. The number of hydrazine groups is 2. The minimum Gasteiger partial charge on any atom is -0.266 e. The fourth-order valence-corrected chi connectivity index (χ4v) is 3.55. The van der Waals surface area contributed by atoms with Crippen LogP contribution in [0, 0.1) is 13.8 Å². The summed E-state index contributed by atoms with van der Waals surface area (Å²) in [4.78, 5) is 0. The molecule has 8 heteroatoms. The largest absolute Gasteiger partial charge is 0.266 e. The number of aromatic nitrogens is 2. The number of hydrogen-bond acceptors (Lipinski definition) is 6. The topological polar surface area (TPSA) is 57.5 Å². The van der Waals surface area contributed by atoms with Gasteiger partial charge in [-0.25, -0.2) is 10.2 Å². The van der Waals surface area contributed by atoms with Crippen LogP contribution in [-0.4, -0.2) is 20.6 Å². The van der Waals surface area contributed by atoms with Gasteiger partial charge in [-0.1, -0.05) is 40.2 Å². The quantitative estimate of drug-likeness (QED) is 0.538. The third-order valence-electron chi connectivity index (χ3n) is 4.43. The number of rotatable bonds is 4. The van der Waals surface area contributed by atoms with Crippen LogP contribution in [0.4, 0.5) is 0 Å². The van der Waals surface area contributed by atoms with Crippen LogP contribution >= 0.6 is 28.6 Å². The smallest absolute Gasteiger partial charge is 0.177 e. The van der Waals surface area contributed by atoms with Crippen molar-refractivity contribution in [2.24, 2.45) is 5.10 Å². The summed E-state index contributed by atoms with van der Waals surface area (Å²) >= 11 is 8.21. The number of nitrogens with zero attached hydrogens (tertiary/aromatic N) is 4. The Kier molecular flexibility index (Phi) is 4.94. The van der Waals surface area contributed by atoms with E-state index in [9.17, 15) is 0 Å². The van der Waals surface area contributed by atoms with Crippen molar-refractivity contribution in [3.05, 3.63) is 75.4 Å². The van der Waals surface area contributed by atoms with Crippen molar-refractivity contribution in [2.45, 2.75) is 25.4 Å². The lowest BCUT2D eigenvalue weighted by atomic mass is 10.1. The van der Waals surface area contributed by atoms with Gasteiger partial charge in [0.1, 0.15) is 5.03 Å². The lowest BCUT2D eigenvalue weighted by molar-refractivity contribution is 0.288. The van der Waals surface area contributed by atoms with Gasteiger partial charge < -0.3 is 0 Å². The van der Waals surface area contributed by atoms with Crippen LogP contribution < -0.4 is 11.1 Å². The first-order chi connectivity index (χ1) is 13.0. The van der Waals surface area contributed by atoms with E-state index in [4.69, 9.17) is 12.6 Å². The standard InChI is InChI=1S/C19H19BrN6S/c1-12-3-4-13(2)17(9-12)26-19(27)16(10-21-26)18-22-23-24-25(18)11-14-5-7-15(20)8-6-14/h3-10,23-24,27H,11H2,1-2H3. The van der Waals surface area contributed by atoms with Crippen LogP contribution in [0.15, 0.2) is 63.3 Å². The minimum atomic E-state index is 0.654. The van der Waals surface area contributed by atoms with E-state index in [0.717, 1.165) is 37.7 Å². The zero-order valence-corrected chi connectivity index (χ0v) is 17.4. The Labute approximate surface area is 171 Å². The van der Waals surface area contributed by atoms with Gasteiger partial charge in [0.05, 0.1) is 24.0 Å². The Hall–Kier alpha value is -2.29. The van der Waals surface area contributed by atoms with Crippen LogP contribution in [0.5, 0.6) is 0 Å². The van der Waals surface area contributed by atoms with Gasteiger partial charge in [-0.2, -0.15) is 5.10 Å². The van der Waals surface area contributed by atoms with Crippen molar-refractivity contribution >= 4 is 34.4 Å². The molecule has 3 aromatic rings. The molecule has 0 aliphatic carbocycles. The zero-order chi connectivity index (χ0) is 19.0. The Morgan fingerprint density at radius 3 is 2.67 bits per heavy atom. The summed E-state index contributed by atoms with van der Waals surface area (Å²) in [7, 11) is 0. The van der Waals surface area contributed by atoms with Crippen molar-refractivity contribution in [1.29, 1.82) is 0 Å². The van der Waals surface area contributed by atoms with Crippen LogP contribution in [0.25, 0.3) is 5.69 Å². The molecule has 27 heavy (non-hydrogen) atoms. The van der Waals surface area contributed by atoms with Crippen LogP contribution in [0.1, 0.15) is 22.3 Å². The van der Waals surface area contributed by atoms with Gasteiger partial charge in [-0.15, -0.1) is 23.3 Å². The van der Waals surface area contributed by atoms with E-state index in [1.54, 1.807) is 6.20 Å². The van der Waals surface area contributed by atoms with Gasteiger partial charge >= 0.3 is 0 Å². The second-order valence-corrected chi connectivity index (χ2v) is 7.79. The normalized spacial score (nSPS) is 13.6. The molecule has 1 aliphatic heterocycles. The summed E-state index contributed by atoms with van der Waals surface area (Å²) in [6.07, 6.45) is 1.80. The Morgan fingerprint density at radius 1 is 1.11 bits per heavy atom. The summed E-state index contributed by atoms with van der Waals surface area (Å²) in [5.41, 5.74) is 11.2. The van der Waals surface area contributed by atoms with E-state index in [1.807, 2.05) is 21.8 Å². The first-order valence-electron chi connectivity index (χ1n) is 8.48. The lowest BCUT2D eigenvalue weighted by Crippen LogP contribution is -2.40. The fraction of sp³-hybridized carbons (Fsp3) is 0.158. The van der Waals surface area contributed by atoms with Gasteiger partial charge in [0, 0.05) is 4.47 Å². The van der Waals surface area contributed by atoms with Crippen LogP contribution in [0.2, 0.25) is 0 Å². The number of aryl methyl sites for hydroxylation is 2. The molecule has 4 rings (SSSR count). The Bertz CT molecular complexity index is 1010. The number of amidine groups is 1. The maximum absolute atomic E-state index is 4.74. The minimum absolute atomic E-state index is 0.654. The van der Waals surface area contributed by atoms with Crippen molar-refractivity contribution in [1.82, 2.24) is 25.9 Å². The van der Waals surface area contributed by atoms with E-state index in [1.165, 1.54) is 5.56 Å². The molecule has 2 heterocycles. The highest BCUT2D eigenvalue weighted by molar-refractivity contribution is 9.10. The molecule has 0 saturated carbocycles. The number of halogens is 1. The molecule has 0 unspecified atom stereocenters. The summed E-state index contributed by atoms with van der Waals surface area (Å²) in [6, 6.07) is 14.5. The molecule has 2 aromatic carbocycles. The highest BCUT2D eigenvalue weighted by Gasteiger charge is 2.24. The molecule has 0 saturated heterocycles. The van der Waals surface area contributed by atoms with Crippen molar-refractivity contribution in [2.75, 3.05) is 0 Å². The monoisotopic (exact) mass is 442 g/mol.